The van der Waals surface area contributed by atoms with Crippen LogP contribution in [0.2, 0.25) is 0 Å². The van der Waals surface area contributed by atoms with E-state index in [1.54, 1.807) is 18.2 Å². The van der Waals surface area contributed by atoms with Gasteiger partial charge in [-0.1, -0.05) is 38.3 Å². The molecule has 0 aliphatic carbocycles. The monoisotopic (exact) mass is 319 g/mol. The van der Waals surface area contributed by atoms with E-state index < -0.39 is 0 Å². The van der Waals surface area contributed by atoms with Gasteiger partial charge in [-0.05, 0) is 44.5 Å². The molecule has 5 heteroatoms. The predicted octanol–water partition coefficient (Wildman–Crippen LogP) is 3.73. The van der Waals surface area contributed by atoms with E-state index >= 15 is 0 Å². The normalized spacial score (nSPS) is 16.6. The Hall–Kier alpha value is -1.46. The van der Waals surface area contributed by atoms with E-state index in [1.807, 2.05) is 6.07 Å². The lowest BCUT2D eigenvalue weighted by molar-refractivity contribution is -0.384. The number of hydrogen-bond acceptors (Lipinski definition) is 4. The van der Waals surface area contributed by atoms with Crippen LogP contribution in [0, 0.1) is 10.1 Å². The van der Waals surface area contributed by atoms with Gasteiger partial charge in [-0.25, -0.2) is 0 Å². The van der Waals surface area contributed by atoms with Crippen molar-refractivity contribution in [1.29, 1.82) is 0 Å². The second-order valence-corrected chi connectivity index (χ2v) is 6.48. The number of rotatable bonds is 9. The highest BCUT2D eigenvalue weighted by Gasteiger charge is 2.18. The highest BCUT2D eigenvalue weighted by atomic mass is 16.6. The summed E-state index contributed by atoms with van der Waals surface area (Å²) in [4.78, 5) is 13.0. The smallest absolute Gasteiger partial charge is 0.269 e. The van der Waals surface area contributed by atoms with Crippen molar-refractivity contribution < 1.29 is 4.92 Å². The number of benzene rings is 1. The number of nitro benzene ring substituents is 1. The molecule has 1 aromatic carbocycles. The average molecular weight is 319 g/mol. The molecule has 1 fully saturated rings. The van der Waals surface area contributed by atoms with Crippen molar-refractivity contribution in [3.8, 4) is 0 Å². The van der Waals surface area contributed by atoms with Gasteiger partial charge in [-0.15, -0.1) is 0 Å². The molecule has 1 N–H and O–H groups in total. The number of unbranched alkanes of at least 4 members (excludes halogenated alkanes) is 3. The number of non-ortho nitro benzene ring substituents is 1. The molecule has 0 spiro atoms. The second-order valence-electron chi connectivity index (χ2n) is 6.48. The first-order valence-electron chi connectivity index (χ1n) is 8.88. The Morgan fingerprint density at radius 3 is 2.74 bits per heavy atom. The highest BCUT2D eigenvalue weighted by Crippen LogP contribution is 2.15. The molecular weight excluding hydrogens is 290 g/mol. The van der Waals surface area contributed by atoms with Gasteiger partial charge in [0.1, 0.15) is 0 Å². The maximum atomic E-state index is 10.8. The molecule has 1 saturated heterocycles. The summed E-state index contributed by atoms with van der Waals surface area (Å²) in [7, 11) is 0. The Morgan fingerprint density at radius 2 is 2.04 bits per heavy atom. The van der Waals surface area contributed by atoms with Crippen molar-refractivity contribution in [2.75, 3.05) is 19.6 Å². The summed E-state index contributed by atoms with van der Waals surface area (Å²) in [5.41, 5.74) is 1.16. The number of nitrogens with one attached hydrogen (secondary N) is 1. The van der Waals surface area contributed by atoms with Crippen LogP contribution in [0.1, 0.15) is 51.0 Å². The molecule has 1 aliphatic rings. The summed E-state index contributed by atoms with van der Waals surface area (Å²) in [5, 5.41) is 14.4. The van der Waals surface area contributed by atoms with E-state index in [1.165, 1.54) is 58.2 Å². The van der Waals surface area contributed by atoms with E-state index in [0.29, 0.717) is 12.6 Å². The zero-order valence-electron chi connectivity index (χ0n) is 14.2. The largest absolute Gasteiger partial charge is 0.310 e. The Labute approximate surface area is 139 Å². The van der Waals surface area contributed by atoms with Crippen molar-refractivity contribution in [1.82, 2.24) is 10.2 Å². The average Bonchev–Trinajstić information content (AvgIpc) is 2.58. The lowest BCUT2D eigenvalue weighted by atomic mass is 10.0. The van der Waals surface area contributed by atoms with Crippen LogP contribution in [0.15, 0.2) is 24.3 Å². The van der Waals surface area contributed by atoms with Crippen molar-refractivity contribution in [3.63, 3.8) is 0 Å². The van der Waals surface area contributed by atoms with Crippen LogP contribution in [0.25, 0.3) is 0 Å². The summed E-state index contributed by atoms with van der Waals surface area (Å²) in [5.74, 6) is 0. The summed E-state index contributed by atoms with van der Waals surface area (Å²) in [6.07, 6.45) is 7.65. The summed E-state index contributed by atoms with van der Waals surface area (Å²) >= 11 is 0. The summed E-state index contributed by atoms with van der Waals surface area (Å²) < 4.78 is 0. The highest BCUT2D eigenvalue weighted by molar-refractivity contribution is 5.34. The minimum absolute atomic E-state index is 0.172. The fourth-order valence-electron chi connectivity index (χ4n) is 3.17. The number of piperidine rings is 1. The van der Waals surface area contributed by atoms with Crippen LogP contribution in [-0.4, -0.2) is 35.5 Å². The van der Waals surface area contributed by atoms with E-state index in [-0.39, 0.29) is 10.6 Å². The fraction of sp³-hybridized carbons (Fsp3) is 0.667. The van der Waals surface area contributed by atoms with Crippen molar-refractivity contribution in [2.24, 2.45) is 0 Å². The predicted molar refractivity (Wildman–Crippen MR) is 93.5 cm³/mol. The van der Waals surface area contributed by atoms with E-state index in [2.05, 4.69) is 17.1 Å². The molecule has 5 nitrogen and oxygen atoms in total. The molecule has 1 aliphatic heterocycles. The minimum Gasteiger partial charge on any atom is -0.310 e. The second kappa shape index (κ2) is 9.63. The quantitative estimate of drug-likeness (QED) is 0.428. The molecule has 0 unspecified atom stereocenters. The van der Waals surface area contributed by atoms with Gasteiger partial charge in [0.05, 0.1) is 4.92 Å². The molecule has 0 radical (unpaired) electrons. The summed E-state index contributed by atoms with van der Waals surface area (Å²) in [6.45, 7) is 6.52. The third kappa shape index (κ3) is 6.28. The Bertz CT molecular complexity index is 485. The Morgan fingerprint density at radius 1 is 1.26 bits per heavy atom. The topological polar surface area (TPSA) is 58.4 Å². The van der Waals surface area contributed by atoms with Crippen LogP contribution in [-0.2, 0) is 6.54 Å². The molecule has 1 heterocycles. The van der Waals surface area contributed by atoms with Gasteiger partial charge in [0.15, 0.2) is 0 Å². The van der Waals surface area contributed by atoms with Crippen LogP contribution in [0.3, 0.4) is 0 Å². The van der Waals surface area contributed by atoms with Gasteiger partial charge in [-0.2, -0.15) is 0 Å². The zero-order valence-corrected chi connectivity index (χ0v) is 14.2. The lowest BCUT2D eigenvalue weighted by Crippen LogP contribution is -2.42. The van der Waals surface area contributed by atoms with Gasteiger partial charge in [0.25, 0.3) is 5.69 Å². The zero-order chi connectivity index (χ0) is 16.5. The van der Waals surface area contributed by atoms with Crippen LogP contribution >= 0.6 is 0 Å². The maximum Gasteiger partial charge on any atom is 0.269 e. The molecule has 0 amide bonds. The fourth-order valence-corrected chi connectivity index (χ4v) is 3.17. The molecule has 0 saturated carbocycles. The third-order valence-electron chi connectivity index (χ3n) is 4.63. The number of nitro groups is 1. The van der Waals surface area contributed by atoms with E-state index in [9.17, 15) is 10.1 Å². The molecule has 0 bridgehead atoms. The van der Waals surface area contributed by atoms with Crippen LogP contribution < -0.4 is 5.32 Å². The van der Waals surface area contributed by atoms with Crippen LogP contribution in [0.4, 0.5) is 5.69 Å². The van der Waals surface area contributed by atoms with Gasteiger partial charge in [0, 0.05) is 24.7 Å². The molecule has 0 aromatic heterocycles. The van der Waals surface area contributed by atoms with Crippen molar-refractivity contribution in [2.45, 2.75) is 58.0 Å². The SMILES string of the molecule is CCCCCCN1CCC(NCc2cccc([N+](=O)[O-])c2)CC1. The van der Waals surface area contributed by atoms with Crippen molar-refractivity contribution >= 4 is 5.69 Å². The molecule has 0 atom stereocenters. The lowest BCUT2D eigenvalue weighted by Gasteiger charge is -2.32. The van der Waals surface area contributed by atoms with Crippen LogP contribution in [0.5, 0.6) is 0 Å². The first kappa shape index (κ1) is 17.9. The molecular formula is C18H29N3O2. The molecule has 2 rings (SSSR count). The minimum atomic E-state index is -0.333. The third-order valence-corrected chi connectivity index (χ3v) is 4.63. The number of hydrogen-bond donors (Lipinski definition) is 1. The standard InChI is InChI=1S/C18H29N3O2/c1-2-3-4-5-11-20-12-9-17(10-13-20)19-15-16-7-6-8-18(14-16)21(22)23/h6-8,14,17,19H,2-5,9-13,15H2,1H3. The Balaban J connectivity index is 1.66. The van der Waals surface area contributed by atoms with E-state index in [4.69, 9.17) is 0 Å². The van der Waals surface area contributed by atoms with Gasteiger partial charge in [-0.3, -0.25) is 10.1 Å². The van der Waals surface area contributed by atoms with Crippen molar-refractivity contribution in [3.05, 3.63) is 39.9 Å². The Kier molecular flexibility index (Phi) is 7.49. The molecule has 128 valence electrons. The van der Waals surface area contributed by atoms with Gasteiger partial charge < -0.3 is 10.2 Å². The molecule has 23 heavy (non-hydrogen) atoms. The number of nitrogens with zero attached hydrogens (tertiary/aromatic N) is 2. The number of likely N-dealkylation sites (tertiary alicyclic amines) is 1. The maximum absolute atomic E-state index is 10.8. The van der Waals surface area contributed by atoms with Gasteiger partial charge in [0.2, 0.25) is 0 Å². The first-order valence-corrected chi connectivity index (χ1v) is 8.88. The van der Waals surface area contributed by atoms with Gasteiger partial charge >= 0.3 is 0 Å². The van der Waals surface area contributed by atoms with E-state index in [0.717, 1.165) is 5.56 Å². The summed E-state index contributed by atoms with van der Waals surface area (Å²) in [6, 6.07) is 7.44. The first-order chi connectivity index (χ1) is 11.2. The molecule has 1 aromatic rings.